The Kier molecular flexibility index (Phi) is 4.68. The molecule has 0 unspecified atom stereocenters. The number of nitrogens with one attached hydrogen (secondary N) is 2. The first-order valence-electron chi connectivity index (χ1n) is 7.51. The van der Waals surface area contributed by atoms with E-state index in [0.717, 1.165) is 17.1 Å². The molecule has 3 rings (SSSR count). The van der Waals surface area contributed by atoms with Gasteiger partial charge in [-0.05, 0) is 32.4 Å². The van der Waals surface area contributed by atoms with Crippen LogP contribution in [0.25, 0.3) is 11.5 Å². The third-order valence-electron chi connectivity index (χ3n) is 3.69. The van der Waals surface area contributed by atoms with Crippen molar-refractivity contribution in [3.8, 4) is 11.5 Å². The summed E-state index contributed by atoms with van der Waals surface area (Å²) in [5.41, 5.74) is 1.15. The highest BCUT2D eigenvalue weighted by Gasteiger charge is 2.30. The fraction of sp³-hybridized carbons (Fsp3) is 0.312. The van der Waals surface area contributed by atoms with Crippen molar-refractivity contribution in [2.75, 3.05) is 5.32 Å². The number of aryl methyl sites for hydroxylation is 1. The summed E-state index contributed by atoms with van der Waals surface area (Å²) in [4.78, 5) is 21.2. The molecule has 0 saturated heterocycles. The smallest absolute Gasteiger partial charge is 0.321 e. The molecule has 24 heavy (non-hydrogen) atoms. The van der Waals surface area contributed by atoms with Crippen molar-refractivity contribution < 1.29 is 9.21 Å². The predicted molar refractivity (Wildman–Crippen MR) is 96.5 cm³/mol. The zero-order valence-electron chi connectivity index (χ0n) is 13.6. The third-order valence-corrected chi connectivity index (χ3v) is 5.67. The van der Waals surface area contributed by atoms with Gasteiger partial charge < -0.3 is 9.73 Å². The highest BCUT2D eigenvalue weighted by molar-refractivity contribution is 7.14. The highest BCUT2D eigenvalue weighted by atomic mass is 32.1. The number of hydrogen-bond acceptors (Lipinski definition) is 6. The normalized spacial score (nSPS) is 13.5. The molecule has 0 saturated carbocycles. The summed E-state index contributed by atoms with van der Waals surface area (Å²) in [6, 6.07) is 3.34. The lowest BCUT2D eigenvalue weighted by Crippen LogP contribution is -2.45. The van der Waals surface area contributed by atoms with Crippen LogP contribution >= 0.6 is 22.7 Å². The summed E-state index contributed by atoms with van der Waals surface area (Å²) in [5, 5.41) is 11.0. The standard InChI is InChI=1S/C16H18N4O2S2/c1-4-16(3,13-17-10(2)8-23-13)20-14(21)19-15-18-11(9-24-15)12-6-5-7-22-12/h5-9H,4H2,1-3H3,(H2,18,19,20,21)/t16-/m0/s1. The number of carbonyl (C=O) groups excluding carboxylic acids is 1. The van der Waals surface area contributed by atoms with Crippen molar-refractivity contribution in [2.24, 2.45) is 0 Å². The van der Waals surface area contributed by atoms with E-state index in [2.05, 4.69) is 20.6 Å². The summed E-state index contributed by atoms with van der Waals surface area (Å²) >= 11 is 2.91. The molecule has 3 heterocycles. The largest absolute Gasteiger partial charge is 0.463 e. The first-order chi connectivity index (χ1) is 11.5. The zero-order valence-corrected chi connectivity index (χ0v) is 15.3. The van der Waals surface area contributed by atoms with Crippen LogP contribution in [0, 0.1) is 6.92 Å². The summed E-state index contributed by atoms with van der Waals surface area (Å²) in [7, 11) is 0. The van der Waals surface area contributed by atoms with E-state index in [1.807, 2.05) is 37.6 Å². The summed E-state index contributed by atoms with van der Waals surface area (Å²) in [5.74, 6) is 0.677. The SMILES string of the molecule is CC[C@](C)(NC(=O)Nc1nc(-c2ccco2)cs1)c1nc(C)cs1. The van der Waals surface area contributed by atoms with Gasteiger partial charge in [-0.1, -0.05) is 6.92 Å². The fourth-order valence-corrected chi connectivity index (χ4v) is 3.83. The van der Waals surface area contributed by atoms with Gasteiger partial charge in [0.2, 0.25) is 0 Å². The predicted octanol–water partition coefficient (Wildman–Crippen LogP) is 4.61. The molecular formula is C16H18N4O2S2. The van der Waals surface area contributed by atoms with Gasteiger partial charge in [0, 0.05) is 16.5 Å². The molecule has 2 N–H and O–H groups in total. The second kappa shape index (κ2) is 6.74. The second-order valence-corrected chi connectivity index (χ2v) is 7.29. The monoisotopic (exact) mass is 362 g/mol. The number of rotatable bonds is 5. The van der Waals surface area contributed by atoms with E-state index >= 15 is 0 Å². The summed E-state index contributed by atoms with van der Waals surface area (Å²) in [6.45, 7) is 5.94. The van der Waals surface area contributed by atoms with Gasteiger partial charge in [-0.2, -0.15) is 0 Å². The van der Waals surface area contributed by atoms with Crippen molar-refractivity contribution in [1.82, 2.24) is 15.3 Å². The number of hydrogen-bond donors (Lipinski definition) is 2. The van der Waals surface area contributed by atoms with Gasteiger partial charge in [0.1, 0.15) is 10.7 Å². The fourth-order valence-electron chi connectivity index (χ4n) is 2.15. The van der Waals surface area contributed by atoms with E-state index in [-0.39, 0.29) is 6.03 Å². The molecule has 1 atom stereocenters. The topological polar surface area (TPSA) is 80.0 Å². The van der Waals surface area contributed by atoms with E-state index in [1.54, 1.807) is 23.7 Å². The van der Waals surface area contributed by atoms with Crippen LogP contribution < -0.4 is 10.6 Å². The molecule has 126 valence electrons. The number of thiazole rings is 2. The van der Waals surface area contributed by atoms with Crippen molar-refractivity contribution in [1.29, 1.82) is 0 Å². The van der Waals surface area contributed by atoms with E-state index < -0.39 is 5.54 Å². The Bertz CT molecular complexity index is 825. The minimum absolute atomic E-state index is 0.299. The maximum Gasteiger partial charge on any atom is 0.321 e. The Hall–Kier alpha value is -2.19. The maximum atomic E-state index is 12.4. The Morgan fingerprint density at radius 1 is 1.33 bits per heavy atom. The first-order valence-corrected chi connectivity index (χ1v) is 9.27. The Balaban J connectivity index is 1.68. The lowest BCUT2D eigenvalue weighted by atomic mass is 10.0. The van der Waals surface area contributed by atoms with Crippen LogP contribution in [0.2, 0.25) is 0 Å². The average molecular weight is 362 g/mol. The quantitative estimate of drug-likeness (QED) is 0.694. The van der Waals surface area contributed by atoms with Gasteiger partial charge in [-0.3, -0.25) is 5.32 Å². The van der Waals surface area contributed by atoms with E-state index in [0.29, 0.717) is 16.6 Å². The van der Waals surface area contributed by atoms with Crippen LogP contribution in [0.5, 0.6) is 0 Å². The van der Waals surface area contributed by atoms with Crippen LogP contribution in [0.15, 0.2) is 33.6 Å². The molecule has 8 heteroatoms. The first kappa shape index (κ1) is 16.7. The lowest BCUT2D eigenvalue weighted by Gasteiger charge is -2.27. The van der Waals surface area contributed by atoms with Crippen LogP contribution in [0.1, 0.15) is 31.0 Å². The van der Waals surface area contributed by atoms with Gasteiger partial charge in [0.05, 0.1) is 11.8 Å². The maximum absolute atomic E-state index is 12.4. The molecule has 0 spiro atoms. The molecule has 6 nitrogen and oxygen atoms in total. The molecule has 2 amide bonds. The zero-order chi connectivity index (χ0) is 17.2. The number of anilines is 1. The molecular weight excluding hydrogens is 344 g/mol. The minimum Gasteiger partial charge on any atom is -0.463 e. The summed E-state index contributed by atoms with van der Waals surface area (Å²) in [6.07, 6.45) is 2.33. The van der Waals surface area contributed by atoms with Crippen molar-refractivity contribution in [3.63, 3.8) is 0 Å². The molecule has 0 bridgehead atoms. The van der Waals surface area contributed by atoms with E-state index in [9.17, 15) is 4.79 Å². The van der Waals surface area contributed by atoms with Gasteiger partial charge in [0.15, 0.2) is 10.9 Å². The average Bonchev–Trinajstić information content (AvgIpc) is 3.27. The third kappa shape index (κ3) is 3.49. The molecule has 3 aromatic rings. The number of furan rings is 1. The molecule has 0 aliphatic rings. The lowest BCUT2D eigenvalue weighted by molar-refractivity contribution is 0.237. The Morgan fingerprint density at radius 3 is 2.79 bits per heavy atom. The van der Waals surface area contributed by atoms with Crippen LogP contribution in [0.4, 0.5) is 9.93 Å². The molecule has 0 aliphatic carbocycles. The molecule has 0 aromatic carbocycles. The van der Waals surface area contributed by atoms with Crippen molar-refractivity contribution >= 4 is 33.8 Å². The number of urea groups is 1. The second-order valence-electron chi connectivity index (χ2n) is 5.57. The van der Waals surface area contributed by atoms with E-state index in [4.69, 9.17) is 4.42 Å². The number of amides is 2. The van der Waals surface area contributed by atoms with Gasteiger partial charge in [0.25, 0.3) is 0 Å². The number of carbonyl (C=O) groups is 1. The van der Waals surface area contributed by atoms with Crippen molar-refractivity contribution in [3.05, 3.63) is 39.9 Å². The van der Waals surface area contributed by atoms with Crippen LogP contribution in [-0.2, 0) is 5.54 Å². The van der Waals surface area contributed by atoms with Gasteiger partial charge in [-0.15, -0.1) is 22.7 Å². The highest BCUT2D eigenvalue weighted by Crippen LogP contribution is 2.28. The number of nitrogens with zero attached hydrogens (tertiary/aromatic N) is 2. The minimum atomic E-state index is -0.510. The Morgan fingerprint density at radius 2 is 2.17 bits per heavy atom. The van der Waals surface area contributed by atoms with Crippen LogP contribution in [-0.4, -0.2) is 16.0 Å². The van der Waals surface area contributed by atoms with E-state index in [1.165, 1.54) is 11.3 Å². The van der Waals surface area contributed by atoms with Crippen LogP contribution in [0.3, 0.4) is 0 Å². The molecule has 0 aliphatic heterocycles. The van der Waals surface area contributed by atoms with Crippen molar-refractivity contribution in [2.45, 2.75) is 32.7 Å². The molecule has 3 aromatic heterocycles. The number of aromatic nitrogens is 2. The van der Waals surface area contributed by atoms with Gasteiger partial charge in [-0.25, -0.2) is 14.8 Å². The molecule has 0 radical (unpaired) electrons. The molecule has 0 fully saturated rings. The summed E-state index contributed by atoms with van der Waals surface area (Å²) < 4.78 is 5.30. The Labute approximate surface area is 148 Å². The van der Waals surface area contributed by atoms with Gasteiger partial charge >= 0.3 is 6.03 Å².